The summed E-state index contributed by atoms with van der Waals surface area (Å²) in [6, 6.07) is 0. The maximum atomic E-state index is 10.5. The van der Waals surface area contributed by atoms with E-state index in [4.69, 9.17) is 0 Å². The number of rotatable bonds is 6. The molecule has 1 N–H and O–H groups in total. The van der Waals surface area contributed by atoms with Crippen molar-refractivity contribution in [2.24, 2.45) is 0 Å². The average Bonchev–Trinajstić information content (AvgIpc) is 1.95. The number of carbonyl (C=O) groups is 2. The summed E-state index contributed by atoms with van der Waals surface area (Å²) in [6.45, 7) is 2.75. The summed E-state index contributed by atoms with van der Waals surface area (Å²) >= 11 is 0. The SMILES string of the molecule is CC(=O)NCCC[N+](C)(C)CC(=O)[O-].[Na+]. The largest absolute Gasteiger partial charge is 1.00 e. The van der Waals surface area contributed by atoms with Crippen LogP contribution in [-0.2, 0) is 9.59 Å². The minimum atomic E-state index is -1.05. The van der Waals surface area contributed by atoms with Crippen molar-refractivity contribution in [3.8, 4) is 0 Å². The van der Waals surface area contributed by atoms with E-state index in [2.05, 4.69) is 5.32 Å². The van der Waals surface area contributed by atoms with Crippen LogP contribution >= 0.6 is 0 Å². The van der Waals surface area contributed by atoms with Crippen LogP contribution < -0.4 is 40.0 Å². The monoisotopic (exact) mass is 225 g/mol. The van der Waals surface area contributed by atoms with Gasteiger partial charge < -0.3 is 19.7 Å². The van der Waals surface area contributed by atoms with Crippen molar-refractivity contribution < 1.29 is 48.7 Å². The molecule has 0 aliphatic rings. The zero-order chi connectivity index (χ0) is 11.2. The van der Waals surface area contributed by atoms with Crippen LogP contribution in [0.5, 0.6) is 0 Å². The van der Waals surface area contributed by atoms with Crippen LogP contribution in [0.2, 0.25) is 0 Å². The van der Waals surface area contributed by atoms with Crippen molar-refractivity contribution in [2.75, 3.05) is 33.7 Å². The number of hydrogen-bond acceptors (Lipinski definition) is 3. The van der Waals surface area contributed by atoms with E-state index in [1.165, 1.54) is 6.92 Å². The molecule has 0 saturated heterocycles. The second-order valence-electron chi connectivity index (χ2n) is 4.03. The fraction of sp³-hybridized carbons (Fsp3) is 0.778. The second kappa shape index (κ2) is 8.10. The Balaban J connectivity index is 0. The molecule has 0 radical (unpaired) electrons. The summed E-state index contributed by atoms with van der Waals surface area (Å²) in [5.74, 6) is -1.11. The molecule has 0 aromatic heterocycles. The molecule has 0 spiro atoms. The van der Waals surface area contributed by atoms with E-state index in [0.717, 1.165) is 6.42 Å². The quantitative estimate of drug-likeness (QED) is 0.281. The Morgan fingerprint density at radius 1 is 1.33 bits per heavy atom. The molecule has 0 rings (SSSR count). The molecule has 0 heterocycles. The summed E-state index contributed by atoms with van der Waals surface area (Å²) in [6.07, 6.45) is 0.764. The summed E-state index contributed by atoms with van der Waals surface area (Å²) in [4.78, 5) is 20.9. The van der Waals surface area contributed by atoms with Crippen molar-refractivity contribution in [1.29, 1.82) is 0 Å². The Labute approximate surface area is 113 Å². The predicted molar refractivity (Wildman–Crippen MR) is 50.2 cm³/mol. The maximum absolute atomic E-state index is 10.5. The number of carboxylic acids is 1. The zero-order valence-electron chi connectivity index (χ0n) is 10.0. The molecule has 0 unspecified atom stereocenters. The minimum absolute atomic E-state index is 0. The van der Waals surface area contributed by atoms with Gasteiger partial charge in [0, 0.05) is 19.9 Å². The van der Waals surface area contributed by atoms with Crippen LogP contribution in [-0.4, -0.2) is 50.1 Å². The third kappa shape index (κ3) is 11.8. The van der Waals surface area contributed by atoms with Crippen LogP contribution in [0.3, 0.4) is 0 Å². The van der Waals surface area contributed by atoms with E-state index >= 15 is 0 Å². The third-order valence-electron chi connectivity index (χ3n) is 1.87. The Kier molecular flexibility index (Phi) is 9.34. The smallest absolute Gasteiger partial charge is 0.544 e. The molecule has 82 valence electrons. The van der Waals surface area contributed by atoms with Crippen LogP contribution in [0.4, 0.5) is 0 Å². The molecule has 0 aromatic rings. The van der Waals surface area contributed by atoms with Crippen LogP contribution in [0, 0.1) is 0 Å². The first-order chi connectivity index (χ1) is 6.33. The number of nitrogens with zero attached hydrogens (tertiary/aromatic N) is 1. The van der Waals surface area contributed by atoms with Gasteiger partial charge in [0.2, 0.25) is 5.91 Å². The Morgan fingerprint density at radius 2 is 1.87 bits per heavy atom. The molecular formula is C9H18N2NaO3+. The first kappa shape index (κ1) is 17.3. The molecule has 1 amide bonds. The van der Waals surface area contributed by atoms with Gasteiger partial charge in [-0.1, -0.05) is 0 Å². The van der Waals surface area contributed by atoms with Gasteiger partial charge in [-0.25, -0.2) is 0 Å². The number of aliphatic carboxylic acids is 1. The topological polar surface area (TPSA) is 69.2 Å². The first-order valence-corrected chi connectivity index (χ1v) is 4.60. The standard InChI is InChI=1S/C9H18N2O3.Na/c1-8(12)10-5-4-6-11(2,3)7-9(13)14;/h4-7H2,1-3H3,(H-,10,12,13,14);/q;+1. The van der Waals surface area contributed by atoms with Crippen molar-refractivity contribution >= 4 is 11.9 Å². The van der Waals surface area contributed by atoms with Gasteiger partial charge in [0.15, 0.2) is 0 Å². The Morgan fingerprint density at radius 3 is 2.27 bits per heavy atom. The molecule has 0 aromatic carbocycles. The van der Waals surface area contributed by atoms with Gasteiger partial charge >= 0.3 is 29.6 Å². The van der Waals surface area contributed by atoms with E-state index in [1.54, 1.807) is 0 Å². The van der Waals surface area contributed by atoms with Crippen molar-refractivity contribution in [3.63, 3.8) is 0 Å². The molecule has 0 aliphatic carbocycles. The van der Waals surface area contributed by atoms with Crippen LogP contribution in [0.1, 0.15) is 13.3 Å². The minimum Gasteiger partial charge on any atom is -0.544 e. The van der Waals surface area contributed by atoms with Crippen molar-refractivity contribution in [1.82, 2.24) is 5.32 Å². The summed E-state index contributed by atoms with van der Waals surface area (Å²) in [5, 5.41) is 13.0. The molecule has 0 atom stereocenters. The van der Waals surface area contributed by atoms with Gasteiger partial charge in [0.1, 0.15) is 6.54 Å². The fourth-order valence-corrected chi connectivity index (χ4v) is 1.20. The van der Waals surface area contributed by atoms with Crippen LogP contribution in [0.25, 0.3) is 0 Å². The van der Waals surface area contributed by atoms with E-state index in [0.29, 0.717) is 17.6 Å². The van der Waals surface area contributed by atoms with E-state index in [-0.39, 0.29) is 42.0 Å². The van der Waals surface area contributed by atoms with Crippen molar-refractivity contribution in [3.05, 3.63) is 0 Å². The maximum Gasteiger partial charge on any atom is 1.00 e. The van der Waals surface area contributed by atoms with Gasteiger partial charge in [-0.3, -0.25) is 4.79 Å². The summed E-state index contributed by atoms with van der Waals surface area (Å²) in [5.41, 5.74) is 0. The number of likely N-dealkylation sites (N-methyl/N-ethyl adjacent to an activating group) is 1. The predicted octanol–water partition coefficient (Wildman–Crippen LogP) is -4.66. The van der Waals surface area contributed by atoms with Gasteiger partial charge in [-0.15, -0.1) is 0 Å². The summed E-state index contributed by atoms with van der Waals surface area (Å²) in [7, 11) is 3.65. The van der Waals surface area contributed by atoms with Gasteiger partial charge in [0.25, 0.3) is 0 Å². The molecule has 0 saturated carbocycles. The molecule has 6 heteroatoms. The molecule has 15 heavy (non-hydrogen) atoms. The number of carboxylic acid groups (broad SMARTS) is 1. The van der Waals surface area contributed by atoms with E-state index < -0.39 is 5.97 Å². The van der Waals surface area contributed by atoms with E-state index in [1.807, 2.05) is 14.1 Å². The normalized spacial score (nSPS) is 10.3. The Bertz CT molecular complexity index is 219. The molecule has 0 fully saturated rings. The summed E-state index contributed by atoms with van der Waals surface area (Å²) < 4.78 is 0.377. The van der Waals surface area contributed by atoms with Gasteiger partial charge in [-0.2, -0.15) is 0 Å². The van der Waals surface area contributed by atoms with Gasteiger partial charge in [-0.05, 0) is 0 Å². The number of carbonyl (C=O) groups excluding carboxylic acids is 2. The first-order valence-electron chi connectivity index (χ1n) is 4.60. The number of quaternary nitrogens is 1. The third-order valence-corrected chi connectivity index (χ3v) is 1.87. The van der Waals surface area contributed by atoms with Gasteiger partial charge in [0.05, 0.1) is 26.6 Å². The zero-order valence-corrected chi connectivity index (χ0v) is 12.0. The second-order valence-corrected chi connectivity index (χ2v) is 4.03. The Hall–Kier alpha value is -0.100. The molecule has 5 nitrogen and oxygen atoms in total. The number of amides is 1. The number of hydrogen-bond donors (Lipinski definition) is 1. The molecular weight excluding hydrogens is 207 g/mol. The van der Waals surface area contributed by atoms with Crippen molar-refractivity contribution in [2.45, 2.75) is 13.3 Å². The van der Waals surface area contributed by atoms with E-state index in [9.17, 15) is 14.7 Å². The molecule has 0 aliphatic heterocycles. The average molecular weight is 225 g/mol. The fourth-order valence-electron chi connectivity index (χ4n) is 1.20. The molecule has 0 bridgehead atoms. The van der Waals surface area contributed by atoms with Crippen LogP contribution in [0.15, 0.2) is 0 Å². The number of nitrogens with one attached hydrogen (secondary N) is 1.